The molecule has 0 aromatic carbocycles. The highest BCUT2D eigenvalue weighted by molar-refractivity contribution is 5.86. The van der Waals surface area contributed by atoms with E-state index in [1.807, 2.05) is 0 Å². The van der Waals surface area contributed by atoms with Crippen molar-refractivity contribution >= 4 is 11.8 Å². The molecule has 5 nitrogen and oxygen atoms in total. The number of Topliss-reactive ketones (excluding diaryl/α,β-unsaturated/α-hetero) is 1. The lowest BCUT2D eigenvalue weighted by atomic mass is 9.88. The van der Waals surface area contributed by atoms with Gasteiger partial charge in [0, 0.05) is 18.4 Å². The molecule has 0 heterocycles. The third-order valence-corrected chi connectivity index (χ3v) is 5.08. The average molecular weight is 381 g/mol. The number of carbonyl (C=O) groups is 2. The predicted molar refractivity (Wildman–Crippen MR) is 106 cm³/mol. The van der Waals surface area contributed by atoms with Crippen LogP contribution in [0.25, 0.3) is 0 Å². The molecule has 0 aromatic heterocycles. The van der Waals surface area contributed by atoms with Crippen LogP contribution in [-0.4, -0.2) is 40.8 Å². The molecule has 0 aromatic rings. The summed E-state index contributed by atoms with van der Waals surface area (Å²) in [7, 11) is 0. The van der Waals surface area contributed by atoms with Gasteiger partial charge < -0.3 is 14.9 Å². The van der Waals surface area contributed by atoms with E-state index in [1.54, 1.807) is 25.2 Å². The zero-order valence-electron chi connectivity index (χ0n) is 16.8. The van der Waals surface area contributed by atoms with Crippen molar-refractivity contribution in [1.29, 1.82) is 0 Å². The van der Waals surface area contributed by atoms with E-state index in [1.165, 1.54) is 6.08 Å². The summed E-state index contributed by atoms with van der Waals surface area (Å²) in [5, 5.41) is 20.2. The molecule has 0 radical (unpaired) electrons. The highest BCUT2D eigenvalue weighted by Crippen LogP contribution is 2.34. The second-order valence-electron chi connectivity index (χ2n) is 7.31. The van der Waals surface area contributed by atoms with Crippen LogP contribution in [0.4, 0.5) is 0 Å². The lowest BCUT2D eigenvalue weighted by Gasteiger charge is -2.18. The number of unbranched alkanes of at least 4 members (excludes halogenated alkanes) is 4. The van der Waals surface area contributed by atoms with Crippen LogP contribution < -0.4 is 0 Å². The van der Waals surface area contributed by atoms with E-state index in [9.17, 15) is 19.8 Å². The van der Waals surface area contributed by atoms with E-state index in [2.05, 4.69) is 6.92 Å². The third-order valence-electron chi connectivity index (χ3n) is 5.08. The molecule has 0 saturated heterocycles. The van der Waals surface area contributed by atoms with E-state index in [-0.39, 0.29) is 30.0 Å². The predicted octanol–water partition coefficient (Wildman–Crippen LogP) is 3.73. The Kier molecular flexibility index (Phi) is 11.9. The van der Waals surface area contributed by atoms with Crippen molar-refractivity contribution in [2.45, 2.75) is 83.8 Å². The first-order valence-corrected chi connectivity index (χ1v) is 10.4. The number of esters is 1. The van der Waals surface area contributed by atoms with Gasteiger partial charge in [0.2, 0.25) is 0 Å². The number of hydrogen-bond acceptors (Lipinski definition) is 5. The first-order valence-electron chi connectivity index (χ1n) is 10.4. The van der Waals surface area contributed by atoms with Crippen molar-refractivity contribution in [3.63, 3.8) is 0 Å². The summed E-state index contributed by atoms with van der Waals surface area (Å²) in [4.78, 5) is 23.4. The van der Waals surface area contributed by atoms with Gasteiger partial charge in [-0.15, -0.1) is 0 Å². The standard InChI is InChI=1S/C22H36O5/c1-3-5-8-11-17(23)14-15-19-18(20(24)16-21(19)25)12-9-6-7-10-13-22(26)27-4-2/h10,13-15,17-20,23-24H,3-9,11-12,16H2,1-2H3/b13-10+,15-14+/t17-,18+,19+,20-/m0/s1. The number of rotatable bonds is 13. The molecule has 1 aliphatic carbocycles. The zero-order valence-corrected chi connectivity index (χ0v) is 16.8. The molecule has 5 heteroatoms. The van der Waals surface area contributed by atoms with E-state index in [0.29, 0.717) is 13.0 Å². The molecule has 1 fully saturated rings. The number of ether oxygens (including phenoxy) is 1. The molecular weight excluding hydrogens is 344 g/mol. The van der Waals surface area contributed by atoms with Gasteiger partial charge in [-0.2, -0.15) is 0 Å². The molecule has 1 aliphatic rings. The molecule has 0 amide bonds. The van der Waals surface area contributed by atoms with E-state index < -0.39 is 12.2 Å². The molecule has 1 saturated carbocycles. The van der Waals surface area contributed by atoms with Crippen LogP contribution in [0.1, 0.15) is 71.6 Å². The van der Waals surface area contributed by atoms with Crippen LogP contribution in [0.2, 0.25) is 0 Å². The summed E-state index contributed by atoms with van der Waals surface area (Å²) in [6, 6.07) is 0. The molecule has 4 atom stereocenters. The van der Waals surface area contributed by atoms with Crippen LogP contribution in [0.5, 0.6) is 0 Å². The van der Waals surface area contributed by atoms with Crippen molar-refractivity contribution in [2.24, 2.45) is 11.8 Å². The van der Waals surface area contributed by atoms with Crippen molar-refractivity contribution in [2.75, 3.05) is 6.61 Å². The normalized spacial score (nSPS) is 24.1. The summed E-state index contributed by atoms with van der Waals surface area (Å²) in [6.07, 6.45) is 13.1. The van der Waals surface area contributed by atoms with E-state index in [4.69, 9.17) is 4.74 Å². The van der Waals surface area contributed by atoms with Crippen molar-refractivity contribution in [3.8, 4) is 0 Å². The number of aliphatic hydroxyl groups excluding tert-OH is 2. The van der Waals surface area contributed by atoms with Crippen molar-refractivity contribution < 1.29 is 24.5 Å². The average Bonchev–Trinajstić information content (AvgIpc) is 2.89. The number of hydrogen-bond donors (Lipinski definition) is 2. The summed E-state index contributed by atoms with van der Waals surface area (Å²) in [5.74, 6) is -0.634. The largest absolute Gasteiger partial charge is 0.463 e. The SMILES string of the molecule is CCCCC[C@H](O)/C=C/[C@H]1C(=O)C[C@H](O)[C@@H]1CCCC/C=C/C(=O)OCC. The first kappa shape index (κ1) is 23.6. The van der Waals surface area contributed by atoms with Crippen LogP contribution >= 0.6 is 0 Å². The fraction of sp³-hybridized carbons (Fsp3) is 0.727. The molecular formula is C22H36O5. The molecule has 0 unspecified atom stereocenters. The van der Waals surface area contributed by atoms with Gasteiger partial charge in [-0.05, 0) is 38.5 Å². The highest BCUT2D eigenvalue weighted by atomic mass is 16.5. The van der Waals surface area contributed by atoms with Crippen molar-refractivity contribution in [3.05, 3.63) is 24.3 Å². The Hall–Kier alpha value is -1.46. The summed E-state index contributed by atoms with van der Waals surface area (Å²) >= 11 is 0. The quantitative estimate of drug-likeness (QED) is 0.220. The lowest BCUT2D eigenvalue weighted by molar-refractivity contribution is -0.137. The maximum absolute atomic E-state index is 12.2. The summed E-state index contributed by atoms with van der Waals surface area (Å²) < 4.78 is 4.82. The number of allylic oxidation sites excluding steroid dienone is 2. The smallest absolute Gasteiger partial charge is 0.330 e. The van der Waals surface area contributed by atoms with E-state index >= 15 is 0 Å². The fourth-order valence-electron chi connectivity index (χ4n) is 3.55. The molecule has 0 spiro atoms. The third kappa shape index (κ3) is 9.34. The second-order valence-corrected chi connectivity index (χ2v) is 7.31. The molecule has 154 valence electrons. The zero-order chi connectivity index (χ0) is 20.1. The monoisotopic (exact) mass is 380 g/mol. The first-order chi connectivity index (χ1) is 13.0. The van der Waals surface area contributed by atoms with Crippen LogP contribution in [0.3, 0.4) is 0 Å². The van der Waals surface area contributed by atoms with Gasteiger partial charge in [-0.25, -0.2) is 4.79 Å². The maximum Gasteiger partial charge on any atom is 0.330 e. The Morgan fingerprint density at radius 2 is 2.04 bits per heavy atom. The van der Waals surface area contributed by atoms with Crippen LogP contribution in [0.15, 0.2) is 24.3 Å². The van der Waals surface area contributed by atoms with Gasteiger partial charge in [0.05, 0.1) is 18.8 Å². The Morgan fingerprint density at radius 1 is 1.26 bits per heavy atom. The van der Waals surface area contributed by atoms with Gasteiger partial charge >= 0.3 is 5.97 Å². The molecule has 0 bridgehead atoms. The van der Waals surface area contributed by atoms with Gasteiger partial charge in [0.1, 0.15) is 5.78 Å². The van der Waals surface area contributed by atoms with Crippen LogP contribution in [-0.2, 0) is 14.3 Å². The van der Waals surface area contributed by atoms with Gasteiger partial charge in [-0.1, -0.05) is 50.8 Å². The second kappa shape index (κ2) is 13.7. The Balaban J connectivity index is 2.40. The van der Waals surface area contributed by atoms with Crippen LogP contribution in [0, 0.1) is 11.8 Å². The lowest BCUT2D eigenvalue weighted by Crippen LogP contribution is -2.19. The molecule has 2 N–H and O–H groups in total. The Labute approximate surface area is 163 Å². The van der Waals surface area contributed by atoms with Gasteiger partial charge in [0.25, 0.3) is 0 Å². The Morgan fingerprint density at radius 3 is 2.74 bits per heavy atom. The fourth-order valence-corrected chi connectivity index (χ4v) is 3.55. The maximum atomic E-state index is 12.2. The van der Waals surface area contributed by atoms with Crippen molar-refractivity contribution in [1.82, 2.24) is 0 Å². The minimum absolute atomic E-state index is 0.0618. The van der Waals surface area contributed by atoms with Gasteiger partial charge in [0.15, 0.2) is 0 Å². The minimum atomic E-state index is -0.598. The summed E-state index contributed by atoms with van der Waals surface area (Å²) in [6.45, 7) is 4.27. The number of carbonyl (C=O) groups excluding carboxylic acids is 2. The highest BCUT2D eigenvalue weighted by Gasteiger charge is 2.39. The number of aliphatic hydroxyl groups is 2. The molecule has 0 aliphatic heterocycles. The van der Waals surface area contributed by atoms with Gasteiger partial charge in [-0.3, -0.25) is 4.79 Å². The Bertz CT molecular complexity index is 497. The topological polar surface area (TPSA) is 83.8 Å². The number of ketones is 1. The minimum Gasteiger partial charge on any atom is -0.463 e. The molecule has 27 heavy (non-hydrogen) atoms. The molecule has 1 rings (SSSR count). The summed E-state index contributed by atoms with van der Waals surface area (Å²) in [5.41, 5.74) is 0. The van der Waals surface area contributed by atoms with E-state index in [0.717, 1.165) is 44.9 Å².